The summed E-state index contributed by atoms with van der Waals surface area (Å²) in [5.41, 5.74) is 0.701. The Morgan fingerprint density at radius 3 is 2.71 bits per heavy atom. The molecule has 1 saturated heterocycles. The Hall–Kier alpha value is -2.22. The van der Waals surface area contributed by atoms with Crippen molar-refractivity contribution in [2.45, 2.75) is 0 Å². The van der Waals surface area contributed by atoms with Gasteiger partial charge in [-0.2, -0.15) is 0 Å². The van der Waals surface area contributed by atoms with Gasteiger partial charge in [-0.1, -0.05) is 18.2 Å². The number of rotatable bonds is 7. The van der Waals surface area contributed by atoms with Crippen LogP contribution in [0.1, 0.15) is 10.4 Å². The van der Waals surface area contributed by atoms with Crippen molar-refractivity contribution in [3.63, 3.8) is 0 Å². The minimum Gasteiger partial charge on any atom is -0.396 e. The number of aliphatic hydroxyl groups is 1. The smallest absolute Gasteiger partial charge is 0.263 e. The molecule has 2 atom stereocenters. The molecule has 1 aliphatic rings. The number of fused-ring (bicyclic) bond motifs is 1. The van der Waals surface area contributed by atoms with Crippen LogP contribution in [0.3, 0.4) is 0 Å². The highest BCUT2D eigenvalue weighted by molar-refractivity contribution is 5.97. The van der Waals surface area contributed by atoms with Gasteiger partial charge in [-0.25, -0.2) is 0 Å². The van der Waals surface area contributed by atoms with Gasteiger partial charge >= 0.3 is 0 Å². The molecule has 0 saturated carbocycles. The van der Waals surface area contributed by atoms with Gasteiger partial charge in [-0.15, -0.1) is 0 Å². The lowest BCUT2D eigenvalue weighted by molar-refractivity contribution is 0.0776. The number of hydrogen-bond donors (Lipinski definition) is 1. The van der Waals surface area contributed by atoms with E-state index in [1.807, 2.05) is 31.3 Å². The van der Waals surface area contributed by atoms with Gasteiger partial charge < -0.3 is 24.2 Å². The Kier molecular flexibility index (Phi) is 6.49. The lowest BCUT2D eigenvalue weighted by Gasteiger charge is -2.23. The van der Waals surface area contributed by atoms with Crippen LogP contribution >= 0.6 is 0 Å². The molecule has 1 N–H and O–H groups in total. The molecule has 0 bridgehead atoms. The molecule has 3 rings (SSSR count). The van der Waals surface area contributed by atoms with Crippen LogP contribution < -0.4 is 5.56 Å². The number of carbonyl (C=O) groups excluding carboxylic acids is 1. The standard InChI is InChI=1S/C21H29N3O4/c1-22(8-9-28-3)11-16-12-24(13-17(16)14-25)21(27)18-10-15-6-4-5-7-19(15)23(2)20(18)26/h4-7,10,16-17,25H,8-9,11-14H2,1-3H3/t16-,17-/m1/s1. The van der Waals surface area contributed by atoms with E-state index in [0.29, 0.717) is 19.7 Å². The normalized spacial score (nSPS) is 19.7. The number of aryl methyl sites for hydroxylation is 1. The maximum Gasteiger partial charge on any atom is 0.263 e. The van der Waals surface area contributed by atoms with Crippen LogP contribution in [0.15, 0.2) is 35.1 Å². The highest BCUT2D eigenvalue weighted by Gasteiger charge is 2.36. The Morgan fingerprint density at radius 1 is 1.29 bits per heavy atom. The molecule has 0 spiro atoms. The van der Waals surface area contributed by atoms with Gasteiger partial charge in [0, 0.05) is 52.9 Å². The molecule has 28 heavy (non-hydrogen) atoms. The van der Waals surface area contributed by atoms with Crippen molar-refractivity contribution in [2.75, 3.05) is 53.6 Å². The molecule has 2 aromatic rings. The lowest BCUT2D eigenvalue weighted by Crippen LogP contribution is -2.36. The number of amides is 1. The second-order valence-electron chi connectivity index (χ2n) is 7.65. The van der Waals surface area contributed by atoms with E-state index < -0.39 is 0 Å². The predicted octanol–water partition coefficient (Wildman–Crippen LogP) is 0.797. The Balaban J connectivity index is 1.80. The topological polar surface area (TPSA) is 75.0 Å². The minimum absolute atomic E-state index is 0.0123. The Morgan fingerprint density at radius 2 is 2.00 bits per heavy atom. The summed E-state index contributed by atoms with van der Waals surface area (Å²) in [5.74, 6) is -0.0785. The molecule has 1 fully saturated rings. The summed E-state index contributed by atoms with van der Waals surface area (Å²) in [4.78, 5) is 29.7. The van der Waals surface area contributed by atoms with Crippen LogP contribution in [0.2, 0.25) is 0 Å². The fourth-order valence-corrected chi connectivity index (χ4v) is 4.00. The summed E-state index contributed by atoms with van der Waals surface area (Å²) in [6.45, 7) is 3.24. The summed E-state index contributed by atoms with van der Waals surface area (Å²) in [6.07, 6.45) is 0. The third-order valence-corrected chi connectivity index (χ3v) is 5.68. The SMILES string of the molecule is COCCN(C)C[C@@H]1CN(C(=O)c2cc3ccccc3n(C)c2=O)C[C@@H]1CO. The summed E-state index contributed by atoms with van der Waals surface area (Å²) in [6, 6.07) is 9.23. The van der Waals surface area contributed by atoms with Crippen molar-refractivity contribution in [3.8, 4) is 0 Å². The first kappa shape index (κ1) is 20.5. The van der Waals surface area contributed by atoms with Crippen LogP contribution in [0, 0.1) is 11.8 Å². The molecule has 0 radical (unpaired) electrons. The van der Waals surface area contributed by atoms with Crippen molar-refractivity contribution in [2.24, 2.45) is 18.9 Å². The van der Waals surface area contributed by atoms with Gasteiger partial charge in [0.15, 0.2) is 0 Å². The third-order valence-electron chi connectivity index (χ3n) is 5.68. The Bertz CT molecular complexity index is 895. The van der Waals surface area contributed by atoms with Crippen LogP contribution in [0.5, 0.6) is 0 Å². The molecule has 152 valence electrons. The van der Waals surface area contributed by atoms with Crippen LogP contribution in [0.4, 0.5) is 0 Å². The van der Waals surface area contributed by atoms with Gasteiger partial charge in [0.05, 0.1) is 12.1 Å². The quantitative estimate of drug-likeness (QED) is 0.761. The lowest BCUT2D eigenvalue weighted by atomic mass is 9.96. The van der Waals surface area contributed by atoms with Crippen molar-refractivity contribution in [3.05, 3.63) is 46.2 Å². The van der Waals surface area contributed by atoms with Crippen molar-refractivity contribution >= 4 is 16.8 Å². The summed E-state index contributed by atoms with van der Waals surface area (Å²) in [7, 11) is 5.37. The molecular formula is C21H29N3O4. The van der Waals surface area contributed by atoms with Gasteiger partial charge in [0.1, 0.15) is 5.56 Å². The van der Waals surface area contributed by atoms with Crippen LogP contribution in [-0.4, -0.2) is 78.9 Å². The van der Waals surface area contributed by atoms with E-state index in [-0.39, 0.29) is 35.5 Å². The second-order valence-corrected chi connectivity index (χ2v) is 7.65. The third kappa shape index (κ3) is 4.11. The first-order valence-corrected chi connectivity index (χ1v) is 9.62. The average Bonchev–Trinajstić information content (AvgIpc) is 3.11. The monoisotopic (exact) mass is 387 g/mol. The van der Waals surface area contributed by atoms with Gasteiger partial charge in [0.2, 0.25) is 0 Å². The number of aromatic nitrogens is 1. The number of benzene rings is 1. The molecule has 1 aromatic heterocycles. The number of pyridine rings is 1. The molecule has 2 heterocycles. The molecule has 1 aromatic carbocycles. The first-order valence-electron chi connectivity index (χ1n) is 9.62. The number of nitrogens with zero attached hydrogens (tertiary/aromatic N) is 3. The molecule has 0 unspecified atom stereocenters. The van der Waals surface area contributed by atoms with Crippen molar-refractivity contribution < 1.29 is 14.6 Å². The average molecular weight is 387 g/mol. The maximum atomic E-state index is 13.1. The predicted molar refractivity (Wildman–Crippen MR) is 109 cm³/mol. The fourth-order valence-electron chi connectivity index (χ4n) is 4.00. The molecule has 1 aliphatic heterocycles. The number of methoxy groups -OCH3 is 1. The minimum atomic E-state index is -0.287. The number of ether oxygens (including phenoxy) is 1. The molecule has 7 nitrogen and oxygen atoms in total. The van der Waals surface area contributed by atoms with E-state index in [4.69, 9.17) is 4.74 Å². The zero-order valence-corrected chi connectivity index (χ0v) is 16.8. The van der Waals surface area contributed by atoms with Gasteiger partial charge in [-0.05, 0) is 30.5 Å². The van der Waals surface area contributed by atoms with E-state index in [0.717, 1.165) is 24.0 Å². The van der Waals surface area contributed by atoms with Gasteiger partial charge in [-0.3, -0.25) is 9.59 Å². The molecular weight excluding hydrogens is 358 g/mol. The fraction of sp³-hybridized carbons (Fsp3) is 0.524. The van der Waals surface area contributed by atoms with Crippen LogP contribution in [-0.2, 0) is 11.8 Å². The number of carbonyl (C=O) groups is 1. The van der Waals surface area contributed by atoms with Crippen molar-refractivity contribution in [1.29, 1.82) is 0 Å². The number of aliphatic hydroxyl groups excluding tert-OH is 1. The maximum absolute atomic E-state index is 13.1. The summed E-state index contributed by atoms with van der Waals surface area (Å²) < 4.78 is 6.64. The van der Waals surface area contributed by atoms with E-state index in [9.17, 15) is 14.7 Å². The summed E-state index contributed by atoms with van der Waals surface area (Å²) >= 11 is 0. The number of para-hydroxylation sites is 1. The zero-order valence-electron chi connectivity index (χ0n) is 16.8. The molecule has 7 heteroatoms. The highest BCUT2D eigenvalue weighted by Crippen LogP contribution is 2.25. The summed E-state index contributed by atoms with van der Waals surface area (Å²) in [5, 5.41) is 10.7. The molecule has 0 aliphatic carbocycles. The number of hydrogen-bond acceptors (Lipinski definition) is 5. The largest absolute Gasteiger partial charge is 0.396 e. The van der Waals surface area contributed by atoms with Crippen molar-refractivity contribution in [1.82, 2.24) is 14.4 Å². The second kappa shape index (κ2) is 8.86. The van der Waals surface area contributed by atoms with E-state index in [1.54, 1.807) is 25.1 Å². The van der Waals surface area contributed by atoms with E-state index in [2.05, 4.69) is 4.90 Å². The van der Waals surface area contributed by atoms with E-state index >= 15 is 0 Å². The van der Waals surface area contributed by atoms with Gasteiger partial charge in [0.25, 0.3) is 11.5 Å². The number of likely N-dealkylation sites (N-methyl/N-ethyl adjacent to an activating group) is 1. The highest BCUT2D eigenvalue weighted by atomic mass is 16.5. The zero-order chi connectivity index (χ0) is 20.3. The van der Waals surface area contributed by atoms with E-state index in [1.165, 1.54) is 4.57 Å². The first-order chi connectivity index (χ1) is 13.5. The number of likely N-dealkylation sites (tertiary alicyclic amines) is 1. The van der Waals surface area contributed by atoms with Crippen LogP contribution in [0.25, 0.3) is 10.9 Å². The Labute approximate surface area is 165 Å². The molecule has 1 amide bonds.